The molecule has 0 spiro atoms. The van der Waals surface area contributed by atoms with Crippen LogP contribution in [0.1, 0.15) is 60.5 Å². The Hall–Kier alpha value is -2.04. The summed E-state index contributed by atoms with van der Waals surface area (Å²) in [6.45, 7) is 2.73. The van der Waals surface area contributed by atoms with Gasteiger partial charge in [0, 0.05) is 18.9 Å². The number of Topliss-reactive ketones (excluding diaryl/α,β-unsaturated/α-hetero) is 1. The molecule has 1 aromatic carbocycles. The van der Waals surface area contributed by atoms with E-state index in [-0.39, 0.29) is 23.3 Å². The summed E-state index contributed by atoms with van der Waals surface area (Å²) in [4.78, 5) is 16.4. The summed E-state index contributed by atoms with van der Waals surface area (Å²) in [6, 6.07) is 6.74. The van der Waals surface area contributed by atoms with E-state index in [1.165, 1.54) is 6.07 Å². The van der Waals surface area contributed by atoms with Gasteiger partial charge in [0.1, 0.15) is 11.6 Å². The van der Waals surface area contributed by atoms with E-state index >= 15 is 0 Å². The van der Waals surface area contributed by atoms with Gasteiger partial charge in [0.2, 0.25) is 11.6 Å². The van der Waals surface area contributed by atoms with Crippen molar-refractivity contribution in [1.82, 2.24) is 14.8 Å². The van der Waals surface area contributed by atoms with Crippen molar-refractivity contribution >= 4 is 5.78 Å². The molecule has 0 aliphatic carbocycles. The number of aromatic nitrogens is 3. The van der Waals surface area contributed by atoms with Crippen molar-refractivity contribution in [3.8, 4) is 0 Å². The van der Waals surface area contributed by atoms with Crippen LogP contribution < -0.4 is 0 Å². The quantitative estimate of drug-likeness (QED) is 0.792. The number of ketones is 1. The second-order valence-electron chi connectivity index (χ2n) is 5.41. The molecule has 110 valence electrons. The summed E-state index contributed by atoms with van der Waals surface area (Å²) in [7, 11) is 0. The van der Waals surface area contributed by atoms with Gasteiger partial charge in [0.25, 0.3) is 0 Å². The number of aryl methyl sites for hydroxylation is 1. The zero-order valence-electron chi connectivity index (χ0n) is 12.1. The lowest BCUT2D eigenvalue weighted by Crippen LogP contribution is -2.05. The minimum Gasteiger partial charge on any atom is -0.291 e. The topological polar surface area (TPSA) is 47.8 Å². The molecule has 1 aliphatic heterocycles. The number of carbonyl (C=O) groups excluding carboxylic acids is 1. The highest BCUT2D eigenvalue weighted by atomic mass is 19.1. The maximum Gasteiger partial charge on any atom is 0.217 e. The van der Waals surface area contributed by atoms with Crippen LogP contribution in [-0.4, -0.2) is 20.5 Å². The highest BCUT2D eigenvalue weighted by Gasteiger charge is 2.30. The third-order valence-electron chi connectivity index (χ3n) is 3.93. The Bertz CT molecular complexity index is 665. The van der Waals surface area contributed by atoms with Crippen LogP contribution in [0.25, 0.3) is 0 Å². The van der Waals surface area contributed by atoms with Gasteiger partial charge in [-0.25, -0.2) is 14.1 Å². The van der Waals surface area contributed by atoms with Crippen LogP contribution in [0.15, 0.2) is 24.3 Å². The van der Waals surface area contributed by atoms with Crippen LogP contribution in [0.5, 0.6) is 0 Å². The summed E-state index contributed by atoms with van der Waals surface area (Å²) < 4.78 is 15.7. The molecule has 0 N–H and O–H groups in total. The average molecular weight is 287 g/mol. The normalized spacial score (nSPS) is 17.0. The van der Waals surface area contributed by atoms with E-state index < -0.39 is 0 Å². The molecule has 0 saturated heterocycles. The second-order valence-corrected chi connectivity index (χ2v) is 5.41. The van der Waals surface area contributed by atoms with E-state index in [4.69, 9.17) is 0 Å². The zero-order valence-corrected chi connectivity index (χ0v) is 12.1. The van der Waals surface area contributed by atoms with Crippen LogP contribution in [0.3, 0.4) is 0 Å². The Kier molecular flexibility index (Phi) is 3.82. The van der Waals surface area contributed by atoms with Crippen LogP contribution in [-0.2, 0) is 6.54 Å². The predicted octanol–water partition coefficient (Wildman–Crippen LogP) is 3.33. The van der Waals surface area contributed by atoms with Gasteiger partial charge < -0.3 is 0 Å². The molecule has 2 heterocycles. The fourth-order valence-electron chi connectivity index (χ4n) is 2.78. The number of carbonyl (C=O) groups is 1. The first-order chi connectivity index (χ1) is 10.2. The van der Waals surface area contributed by atoms with E-state index in [9.17, 15) is 9.18 Å². The smallest absolute Gasteiger partial charge is 0.217 e. The third kappa shape index (κ3) is 2.60. The van der Waals surface area contributed by atoms with E-state index in [0.29, 0.717) is 24.4 Å². The van der Waals surface area contributed by atoms with Crippen LogP contribution in [0, 0.1) is 5.82 Å². The number of fused-ring (bicyclic) bond motifs is 1. The Balaban J connectivity index is 1.87. The Morgan fingerprint density at radius 2 is 2.24 bits per heavy atom. The lowest BCUT2D eigenvalue weighted by Gasteiger charge is -2.09. The highest BCUT2D eigenvalue weighted by molar-refractivity contribution is 5.92. The Morgan fingerprint density at radius 3 is 3.00 bits per heavy atom. The van der Waals surface area contributed by atoms with Crippen LogP contribution in [0.4, 0.5) is 4.39 Å². The average Bonchev–Trinajstić information content (AvgIpc) is 3.06. The summed E-state index contributed by atoms with van der Waals surface area (Å²) in [5.74, 6) is 0.634. The van der Waals surface area contributed by atoms with Gasteiger partial charge in [-0.15, -0.1) is 5.10 Å². The molecule has 21 heavy (non-hydrogen) atoms. The van der Waals surface area contributed by atoms with Crippen LogP contribution in [0.2, 0.25) is 0 Å². The summed E-state index contributed by atoms with van der Waals surface area (Å²) in [6.07, 6.45) is 3.07. The van der Waals surface area contributed by atoms with Crippen molar-refractivity contribution in [3.05, 3.63) is 47.3 Å². The molecule has 3 rings (SSSR count). The second kappa shape index (κ2) is 5.76. The van der Waals surface area contributed by atoms with Gasteiger partial charge in [-0.2, -0.15) is 0 Å². The fourth-order valence-corrected chi connectivity index (χ4v) is 2.78. The van der Waals surface area contributed by atoms with Crippen molar-refractivity contribution in [2.45, 2.75) is 45.1 Å². The number of halogens is 1. The van der Waals surface area contributed by atoms with E-state index in [1.807, 2.05) is 13.0 Å². The van der Waals surface area contributed by atoms with Crippen molar-refractivity contribution in [3.63, 3.8) is 0 Å². The first-order valence-corrected chi connectivity index (χ1v) is 7.43. The minimum absolute atomic E-state index is 0.0222. The van der Waals surface area contributed by atoms with Crippen molar-refractivity contribution in [2.75, 3.05) is 0 Å². The minimum atomic E-state index is -0.224. The van der Waals surface area contributed by atoms with Gasteiger partial charge in [-0.1, -0.05) is 31.5 Å². The van der Waals surface area contributed by atoms with Gasteiger partial charge >= 0.3 is 0 Å². The van der Waals surface area contributed by atoms with Gasteiger partial charge in [0.05, 0.1) is 0 Å². The Morgan fingerprint density at radius 1 is 1.43 bits per heavy atom. The SMILES string of the molecule is CCCCC(=O)c1nc2n(n1)CCC2c1ccccc1F. The van der Waals surface area contributed by atoms with E-state index in [1.54, 1.807) is 16.8 Å². The number of unbranched alkanes of at least 4 members (excludes halogenated alkanes) is 1. The summed E-state index contributed by atoms with van der Waals surface area (Å²) in [5.41, 5.74) is 0.635. The van der Waals surface area contributed by atoms with Gasteiger partial charge in [-0.05, 0) is 24.5 Å². The lowest BCUT2D eigenvalue weighted by molar-refractivity contribution is 0.0969. The van der Waals surface area contributed by atoms with Crippen molar-refractivity contribution in [2.24, 2.45) is 0 Å². The van der Waals surface area contributed by atoms with Crippen molar-refractivity contribution < 1.29 is 9.18 Å². The first kappa shape index (κ1) is 13.9. The predicted molar refractivity (Wildman–Crippen MR) is 76.7 cm³/mol. The number of benzene rings is 1. The van der Waals surface area contributed by atoms with E-state index in [2.05, 4.69) is 10.1 Å². The van der Waals surface area contributed by atoms with Crippen molar-refractivity contribution in [1.29, 1.82) is 0 Å². The van der Waals surface area contributed by atoms with E-state index in [0.717, 1.165) is 19.3 Å². The molecule has 2 aromatic rings. The molecule has 0 radical (unpaired) electrons. The third-order valence-corrected chi connectivity index (χ3v) is 3.93. The molecule has 0 bridgehead atoms. The number of hydrogen-bond acceptors (Lipinski definition) is 3. The molecule has 0 fully saturated rings. The van der Waals surface area contributed by atoms with Gasteiger partial charge in [-0.3, -0.25) is 4.79 Å². The molecule has 1 atom stereocenters. The molecule has 0 amide bonds. The molecule has 1 unspecified atom stereocenters. The fraction of sp³-hybridized carbons (Fsp3) is 0.438. The molecular weight excluding hydrogens is 269 g/mol. The maximum absolute atomic E-state index is 13.9. The molecule has 1 aliphatic rings. The Labute approximate surface area is 123 Å². The molecule has 5 heteroatoms. The number of nitrogens with zero attached hydrogens (tertiary/aromatic N) is 3. The standard InChI is InChI=1S/C16H18FN3O/c1-2-3-8-14(21)15-18-16-12(9-10-20(16)19-15)11-6-4-5-7-13(11)17/h4-7,12H,2-3,8-10H2,1H3. The summed E-state index contributed by atoms with van der Waals surface area (Å²) in [5, 5.41) is 4.28. The first-order valence-electron chi connectivity index (χ1n) is 7.43. The highest BCUT2D eigenvalue weighted by Crippen LogP contribution is 2.34. The molecule has 4 nitrogen and oxygen atoms in total. The zero-order chi connectivity index (χ0) is 14.8. The van der Waals surface area contributed by atoms with Crippen LogP contribution >= 0.6 is 0 Å². The molecule has 0 saturated carbocycles. The maximum atomic E-state index is 13.9. The number of hydrogen-bond donors (Lipinski definition) is 0. The summed E-state index contributed by atoms with van der Waals surface area (Å²) >= 11 is 0. The largest absolute Gasteiger partial charge is 0.291 e. The number of rotatable bonds is 5. The molecule has 1 aromatic heterocycles. The van der Waals surface area contributed by atoms with Gasteiger partial charge in [0.15, 0.2) is 0 Å². The molecular formula is C16H18FN3O. The monoisotopic (exact) mass is 287 g/mol. The lowest BCUT2D eigenvalue weighted by atomic mass is 9.97.